The van der Waals surface area contributed by atoms with Crippen molar-refractivity contribution in [1.29, 1.82) is 0 Å². The molecule has 3 aromatic rings. The summed E-state index contributed by atoms with van der Waals surface area (Å²) in [6.07, 6.45) is 0. The van der Waals surface area contributed by atoms with E-state index in [4.69, 9.17) is 0 Å². The number of amides is 1. The third-order valence-electron chi connectivity index (χ3n) is 4.94. The zero-order valence-corrected chi connectivity index (χ0v) is 15.6. The van der Waals surface area contributed by atoms with Crippen molar-refractivity contribution in [3.05, 3.63) is 59.9 Å². The van der Waals surface area contributed by atoms with Gasteiger partial charge in [0, 0.05) is 31.7 Å². The largest absolute Gasteiger partial charge is 0.366 e. The molecule has 0 spiro atoms. The lowest BCUT2D eigenvalue weighted by Crippen LogP contribution is -2.50. The molecule has 4 rings (SSSR count). The van der Waals surface area contributed by atoms with Crippen LogP contribution in [0.15, 0.2) is 48.5 Å². The predicted octanol–water partition coefficient (Wildman–Crippen LogP) is 2.14. The minimum atomic E-state index is -0.238. The van der Waals surface area contributed by atoms with Crippen LogP contribution in [-0.2, 0) is 11.3 Å². The Labute approximate surface area is 162 Å². The molecule has 1 aliphatic rings. The average molecular weight is 380 g/mol. The van der Waals surface area contributed by atoms with Gasteiger partial charge >= 0.3 is 0 Å². The number of rotatable bonds is 4. The fourth-order valence-corrected chi connectivity index (χ4v) is 3.37. The summed E-state index contributed by atoms with van der Waals surface area (Å²) in [5.74, 6) is 0.204. The second-order valence-electron chi connectivity index (χ2n) is 6.78. The second-order valence-corrected chi connectivity index (χ2v) is 6.78. The molecule has 0 unspecified atom stereocenters. The van der Waals surface area contributed by atoms with Gasteiger partial charge in [0.1, 0.15) is 12.4 Å². The molecule has 28 heavy (non-hydrogen) atoms. The van der Waals surface area contributed by atoms with E-state index < -0.39 is 0 Å². The van der Waals surface area contributed by atoms with Crippen molar-refractivity contribution in [3.8, 4) is 11.4 Å². The number of halogens is 1. The van der Waals surface area contributed by atoms with Gasteiger partial charge in [-0.3, -0.25) is 4.79 Å². The first-order valence-electron chi connectivity index (χ1n) is 9.23. The number of tetrazole rings is 1. The Morgan fingerprint density at radius 2 is 1.75 bits per heavy atom. The lowest BCUT2D eigenvalue weighted by Gasteiger charge is -2.36. The molecule has 8 heteroatoms. The molecular formula is C20H21FN6O. The molecule has 144 valence electrons. The van der Waals surface area contributed by atoms with Gasteiger partial charge in [-0.1, -0.05) is 36.4 Å². The number of anilines is 1. The number of hydrogen-bond donors (Lipinski definition) is 0. The van der Waals surface area contributed by atoms with Crippen LogP contribution in [0.2, 0.25) is 0 Å². The molecule has 2 heterocycles. The first kappa shape index (κ1) is 18.1. The second kappa shape index (κ2) is 7.75. The third-order valence-corrected chi connectivity index (χ3v) is 4.94. The summed E-state index contributed by atoms with van der Waals surface area (Å²) in [5, 5.41) is 12.4. The van der Waals surface area contributed by atoms with Gasteiger partial charge in [0.15, 0.2) is 0 Å². The van der Waals surface area contributed by atoms with Crippen LogP contribution in [-0.4, -0.2) is 57.2 Å². The summed E-state index contributed by atoms with van der Waals surface area (Å²) < 4.78 is 13.9. The molecule has 0 bridgehead atoms. The topological polar surface area (TPSA) is 67.2 Å². The van der Waals surface area contributed by atoms with Gasteiger partial charge in [-0.25, -0.2) is 4.39 Å². The minimum Gasteiger partial charge on any atom is -0.366 e. The van der Waals surface area contributed by atoms with E-state index in [1.807, 2.05) is 42.2 Å². The number of aryl methyl sites for hydroxylation is 1. The van der Waals surface area contributed by atoms with Gasteiger partial charge in [0.2, 0.25) is 11.7 Å². The smallest absolute Gasteiger partial charge is 0.246 e. The van der Waals surface area contributed by atoms with Crippen LogP contribution < -0.4 is 4.90 Å². The van der Waals surface area contributed by atoms with E-state index in [0.29, 0.717) is 37.7 Å². The van der Waals surface area contributed by atoms with E-state index in [1.165, 1.54) is 10.9 Å². The Hall–Kier alpha value is -3.29. The van der Waals surface area contributed by atoms with Crippen molar-refractivity contribution in [2.45, 2.75) is 13.5 Å². The van der Waals surface area contributed by atoms with Crippen molar-refractivity contribution in [2.75, 3.05) is 31.1 Å². The van der Waals surface area contributed by atoms with Crippen LogP contribution in [0.5, 0.6) is 0 Å². The Kier molecular flexibility index (Phi) is 5.01. The van der Waals surface area contributed by atoms with E-state index in [0.717, 1.165) is 11.1 Å². The molecule has 0 radical (unpaired) electrons. The quantitative estimate of drug-likeness (QED) is 0.694. The summed E-state index contributed by atoms with van der Waals surface area (Å²) >= 11 is 0. The molecule has 1 aliphatic heterocycles. The summed E-state index contributed by atoms with van der Waals surface area (Å²) in [4.78, 5) is 17.6. The highest BCUT2D eigenvalue weighted by molar-refractivity contribution is 5.76. The molecule has 1 amide bonds. The number of aromatic nitrogens is 4. The van der Waals surface area contributed by atoms with Gasteiger partial charge in [-0.05, 0) is 29.8 Å². The molecule has 0 N–H and O–H groups in total. The van der Waals surface area contributed by atoms with Crippen molar-refractivity contribution in [2.24, 2.45) is 0 Å². The van der Waals surface area contributed by atoms with E-state index in [1.54, 1.807) is 17.0 Å². The van der Waals surface area contributed by atoms with Gasteiger partial charge in [0.25, 0.3) is 0 Å². The molecule has 2 aromatic carbocycles. The SMILES string of the molecule is Cc1ccccc1-c1nnn(CC(=O)N2CCN(c3ccccc3F)CC2)n1. The maximum absolute atomic E-state index is 13.9. The van der Waals surface area contributed by atoms with Crippen molar-refractivity contribution < 1.29 is 9.18 Å². The lowest BCUT2D eigenvalue weighted by atomic mass is 10.1. The lowest BCUT2D eigenvalue weighted by molar-refractivity contribution is -0.132. The fourth-order valence-electron chi connectivity index (χ4n) is 3.37. The zero-order chi connectivity index (χ0) is 19.5. The number of hydrogen-bond acceptors (Lipinski definition) is 5. The van der Waals surface area contributed by atoms with Crippen LogP contribution in [0, 0.1) is 12.7 Å². The van der Waals surface area contributed by atoms with Gasteiger partial charge in [-0.2, -0.15) is 4.80 Å². The molecule has 0 atom stereocenters. The first-order valence-corrected chi connectivity index (χ1v) is 9.23. The number of nitrogens with zero attached hydrogens (tertiary/aromatic N) is 6. The van der Waals surface area contributed by atoms with E-state index in [9.17, 15) is 9.18 Å². The van der Waals surface area contributed by atoms with E-state index >= 15 is 0 Å². The summed E-state index contributed by atoms with van der Waals surface area (Å²) in [6, 6.07) is 14.5. The van der Waals surface area contributed by atoms with E-state index in [-0.39, 0.29) is 18.3 Å². The maximum atomic E-state index is 13.9. The average Bonchev–Trinajstić information content (AvgIpc) is 3.17. The Bertz CT molecular complexity index is 980. The number of para-hydroxylation sites is 1. The van der Waals surface area contributed by atoms with Gasteiger partial charge < -0.3 is 9.80 Å². The highest BCUT2D eigenvalue weighted by Crippen LogP contribution is 2.20. The third kappa shape index (κ3) is 3.71. The zero-order valence-electron chi connectivity index (χ0n) is 15.6. The molecule has 1 saturated heterocycles. The maximum Gasteiger partial charge on any atom is 0.246 e. The molecular weight excluding hydrogens is 359 g/mol. The number of benzene rings is 2. The van der Waals surface area contributed by atoms with Crippen molar-refractivity contribution in [1.82, 2.24) is 25.1 Å². The summed E-state index contributed by atoms with van der Waals surface area (Å²) in [6.45, 7) is 4.27. The molecule has 1 fully saturated rings. The Morgan fingerprint density at radius 3 is 2.50 bits per heavy atom. The fraction of sp³-hybridized carbons (Fsp3) is 0.300. The number of carbonyl (C=O) groups excluding carboxylic acids is 1. The Balaban J connectivity index is 1.37. The van der Waals surface area contributed by atoms with Gasteiger partial charge in [-0.15, -0.1) is 10.2 Å². The number of carbonyl (C=O) groups is 1. The predicted molar refractivity (Wildman–Crippen MR) is 103 cm³/mol. The van der Waals surface area contributed by atoms with Crippen molar-refractivity contribution >= 4 is 11.6 Å². The van der Waals surface area contributed by atoms with Crippen LogP contribution in [0.1, 0.15) is 5.56 Å². The standard InChI is InChI=1S/C20H21FN6O/c1-15-6-2-3-7-16(15)20-22-24-27(23-20)14-19(28)26-12-10-25(11-13-26)18-9-5-4-8-17(18)21/h2-9H,10-14H2,1H3. The van der Waals surface area contributed by atoms with Crippen LogP contribution in [0.3, 0.4) is 0 Å². The molecule has 1 aromatic heterocycles. The van der Waals surface area contributed by atoms with Crippen LogP contribution in [0.25, 0.3) is 11.4 Å². The highest BCUT2D eigenvalue weighted by atomic mass is 19.1. The molecule has 0 saturated carbocycles. The summed E-state index contributed by atoms with van der Waals surface area (Å²) in [7, 11) is 0. The summed E-state index contributed by atoms with van der Waals surface area (Å²) in [5.41, 5.74) is 2.53. The normalized spacial score (nSPS) is 14.4. The molecule has 0 aliphatic carbocycles. The molecule has 7 nitrogen and oxygen atoms in total. The minimum absolute atomic E-state index is 0.0403. The Morgan fingerprint density at radius 1 is 1.04 bits per heavy atom. The van der Waals surface area contributed by atoms with Crippen LogP contribution >= 0.6 is 0 Å². The monoisotopic (exact) mass is 380 g/mol. The van der Waals surface area contributed by atoms with Gasteiger partial charge in [0.05, 0.1) is 5.69 Å². The highest BCUT2D eigenvalue weighted by Gasteiger charge is 2.23. The van der Waals surface area contributed by atoms with Crippen molar-refractivity contribution in [3.63, 3.8) is 0 Å². The van der Waals surface area contributed by atoms with E-state index in [2.05, 4.69) is 15.4 Å². The van der Waals surface area contributed by atoms with Crippen LogP contribution in [0.4, 0.5) is 10.1 Å². The number of piperazine rings is 1. The first-order chi connectivity index (χ1) is 13.6.